The third-order valence-electron chi connectivity index (χ3n) is 4.04. The topological polar surface area (TPSA) is 42.3 Å². The number of anilines is 1. The first-order valence-electron chi connectivity index (χ1n) is 8.00. The van der Waals surface area contributed by atoms with Gasteiger partial charge in [-0.3, -0.25) is 9.59 Å². The SMILES string of the molecule is O=C1S/C(=C/c2cccn2-c2ccc(F)cc2)C(=O)N1c1ccc(Cl)cc1. The van der Waals surface area contributed by atoms with Crippen molar-refractivity contribution in [3.05, 3.63) is 88.3 Å². The fourth-order valence-electron chi connectivity index (χ4n) is 2.76. The second-order valence-corrected chi connectivity index (χ2v) is 7.20. The van der Waals surface area contributed by atoms with Gasteiger partial charge in [-0.25, -0.2) is 9.29 Å². The van der Waals surface area contributed by atoms with E-state index < -0.39 is 0 Å². The van der Waals surface area contributed by atoms with E-state index in [1.165, 1.54) is 12.1 Å². The number of carbonyl (C=O) groups is 2. The molecule has 0 bridgehead atoms. The minimum absolute atomic E-state index is 0.317. The van der Waals surface area contributed by atoms with Crippen molar-refractivity contribution in [1.29, 1.82) is 0 Å². The van der Waals surface area contributed by atoms with Gasteiger partial charge in [-0.15, -0.1) is 0 Å². The molecule has 4 rings (SSSR count). The van der Waals surface area contributed by atoms with Crippen LogP contribution in [0.1, 0.15) is 5.69 Å². The molecule has 1 fully saturated rings. The molecule has 2 aromatic carbocycles. The molecule has 0 saturated carbocycles. The largest absolute Gasteiger partial charge is 0.317 e. The molecule has 1 aromatic heterocycles. The van der Waals surface area contributed by atoms with Crippen LogP contribution in [0, 0.1) is 5.82 Å². The fraction of sp³-hybridized carbons (Fsp3) is 0. The fourth-order valence-corrected chi connectivity index (χ4v) is 3.72. The van der Waals surface area contributed by atoms with E-state index >= 15 is 0 Å². The van der Waals surface area contributed by atoms with E-state index in [-0.39, 0.29) is 17.0 Å². The Morgan fingerprint density at radius 3 is 2.30 bits per heavy atom. The Balaban J connectivity index is 1.67. The first kappa shape index (κ1) is 17.6. The van der Waals surface area contributed by atoms with Gasteiger partial charge in [-0.1, -0.05) is 11.6 Å². The number of benzene rings is 2. The van der Waals surface area contributed by atoms with Gasteiger partial charge in [0.15, 0.2) is 0 Å². The summed E-state index contributed by atoms with van der Waals surface area (Å²) in [7, 11) is 0. The molecule has 1 saturated heterocycles. The smallest absolute Gasteiger partial charge is 0.298 e. The van der Waals surface area contributed by atoms with Gasteiger partial charge in [0.05, 0.1) is 10.6 Å². The number of hydrogen-bond donors (Lipinski definition) is 0. The van der Waals surface area contributed by atoms with Gasteiger partial charge in [0.1, 0.15) is 5.82 Å². The highest BCUT2D eigenvalue weighted by molar-refractivity contribution is 8.19. The third-order valence-corrected chi connectivity index (χ3v) is 5.16. The predicted octanol–water partition coefficient (Wildman–Crippen LogP) is 5.51. The van der Waals surface area contributed by atoms with Crippen molar-refractivity contribution >= 4 is 46.3 Å². The second-order valence-electron chi connectivity index (χ2n) is 5.77. The molecule has 27 heavy (non-hydrogen) atoms. The van der Waals surface area contributed by atoms with Crippen LogP contribution in [-0.4, -0.2) is 15.7 Å². The number of rotatable bonds is 3. The zero-order chi connectivity index (χ0) is 19.0. The van der Waals surface area contributed by atoms with E-state index in [2.05, 4.69) is 0 Å². The lowest BCUT2D eigenvalue weighted by molar-refractivity contribution is -0.113. The summed E-state index contributed by atoms with van der Waals surface area (Å²) >= 11 is 6.75. The number of nitrogens with zero attached hydrogens (tertiary/aromatic N) is 2. The molecule has 3 aromatic rings. The van der Waals surface area contributed by atoms with Gasteiger partial charge < -0.3 is 4.57 Å². The molecule has 0 radical (unpaired) electrons. The molecule has 1 aliphatic rings. The molecule has 0 N–H and O–H groups in total. The van der Waals surface area contributed by atoms with E-state index in [0.29, 0.717) is 21.3 Å². The van der Waals surface area contributed by atoms with E-state index in [9.17, 15) is 14.0 Å². The number of hydrogen-bond acceptors (Lipinski definition) is 3. The van der Waals surface area contributed by atoms with E-state index in [1.54, 1.807) is 42.5 Å². The maximum absolute atomic E-state index is 13.2. The molecule has 1 aliphatic heterocycles. The molecule has 134 valence electrons. The molecule has 4 nitrogen and oxygen atoms in total. The molecule has 2 amide bonds. The van der Waals surface area contributed by atoms with Crippen LogP contribution >= 0.6 is 23.4 Å². The normalized spacial score (nSPS) is 15.8. The van der Waals surface area contributed by atoms with E-state index in [1.807, 2.05) is 22.9 Å². The van der Waals surface area contributed by atoms with Crippen molar-refractivity contribution in [2.45, 2.75) is 0 Å². The third kappa shape index (κ3) is 3.41. The van der Waals surface area contributed by atoms with Gasteiger partial charge in [-0.2, -0.15) is 0 Å². The van der Waals surface area contributed by atoms with Crippen LogP contribution < -0.4 is 4.90 Å². The number of carbonyl (C=O) groups excluding carboxylic acids is 2. The second kappa shape index (κ2) is 7.06. The summed E-state index contributed by atoms with van der Waals surface area (Å²) in [5.41, 5.74) is 1.94. The molecule has 0 atom stereocenters. The van der Waals surface area contributed by atoms with Crippen LogP contribution in [0.4, 0.5) is 14.9 Å². The first-order valence-corrected chi connectivity index (χ1v) is 9.19. The minimum Gasteiger partial charge on any atom is -0.317 e. The summed E-state index contributed by atoms with van der Waals surface area (Å²) in [6, 6.07) is 16.2. The van der Waals surface area contributed by atoms with Gasteiger partial charge in [0.2, 0.25) is 0 Å². The highest BCUT2D eigenvalue weighted by Gasteiger charge is 2.36. The van der Waals surface area contributed by atoms with Crippen LogP contribution in [0.5, 0.6) is 0 Å². The van der Waals surface area contributed by atoms with Crippen LogP contribution in [-0.2, 0) is 4.79 Å². The number of imide groups is 1. The molecule has 2 heterocycles. The van der Waals surface area contributed by atoms with Crippen LogP contribution in [0.25, 0.3) is 11.8 Å². The van der Waals surface area contributed by atoms with Crippen molar-refractivity contribution in [2.24, 2.45) is 0 Å². The average molecular weight is 399 g/mol. The summed E-state index contributed by atoms with van der Waals surface area (Å²) in [5, 5.41) is 0.159. The Labute approximate surface area is 163 Å². The maximum Gasteiger partial charge on any atom is 0.298 e. The number of aromatic nitrogens is 1. The number of amides is 2. The molecular weight excluding hydrogens is 387 g/mol. The van der Waals surface area contributed by atoms with Gasteiger partial charge in [0.25, 0.3) is 11.1 Å². The molecule has 0 aliphatic carbocycles. The summed E-state index contributed by atoms with van der Waals surface area (Å²) in [5.74, 6) is -0.712. The molecular formula is C20H12ClFN2O2S. The van der Waals surface area contributed by atoms with Crippen LogP contribution in [0.2, 0.25) is 5.02 Å². The Kier molecular flexibility index (Phi) is 4.59. The van der Waals surface area contributed by atoms with Crippen molar-refractivity contribution in [3.63, 3.8) is 0 Å². The highest BCUT2D eigenvalue weighted by atomic mass is 35.5. The maximum atomic E-state index is 13.2. The van der Waals surface area contributed by atoms with Crippen LogP contribution in [0.3, 0.4) is 0 Å². The van der Waals surface area contributed by atoms with Crippen molar-refractivity contribution in [1.82, 2.24) is 4.57 Å². The Morgan fingerprint density at radius 2 is 1.59 bits per heavy atom. The molecule has 7 heteroatoms. The quantitative estimate of drug-likeness (QED) is 0.546. The molecule has 0 unspecified atom stereocenters. The Bertz CT molecular complexity index is 1060. The predicted molar refractivity (Wildman–Crippen MR) is 106 cm³/mol. The Hall–Kier alpha value is -2.83. The highest BCUT2D eigenvalue weighted by Crippen LogP contribution is 2.36. The van der Waals surface area contributed by atoms with Crippen molar-refractivity contribution in [3.8, 4) is 5.69 Å². The number of halogens is 2. The zero-order valence-corrected chi connectivity index (χ0v) is 15.4. The Morgan fingerprint density at radius 1 is 0.926 bits per heavy atom. The minimum atomic E-state index is -0.390. The summed E-state index contributed by atoms with van der Waals surface area (Å²) in [4.78, 5) is 26.5. The summed E-state index contributed by atoms with van der Waals surface area (Å²) in [6.45, 7) is 0. The van der Waals surface area contributed by atoms with Crippen LogP contribution in [0.15, 0.2) is 71.8 Å². The lowest BCUT2D eigenvalue weighted by Crippen LogP contribution is -2.27. The standard InChI is InChI=1S/C20H12ClFN2O2S/c21-13-3-7-16(8-4-13)24-19(25)18(27-20(24)26)12-17-2-1-11-23(17)15-9-5-14(22)6-10-15/h1-12H/b18-12+. The summed E-state index contributed by atoms with van der Waals surface area (Å²) in [6.07, 6.45) is 3.46. The lowest BCUT2D eigenvalue weighted by Gasteiger charge is -2.12. The van der Waals surface area contributed by atoms with Crippen molar-refractivity contribution < 1.29 is 14.0 Å². The first-order chi connectivity index (χ1) is 13.0. The number of thioether (sulfide) groups is 1. The zero-order valence-electron chi connectivity index (χ0n) is 13.8. The summed E-state index contributed by atoms with van der Waals surface area (Å²) < 4.78 is 15.0. The van der Waals surface area contributed by atoms with E-state index in [0.717, 1.165) is 22.3 Å². The monoisotopic (exact) mass is 398 g/mol. The van der Waals surface area contributed by atoms with Crippen molar-refractivity contribution in [2.75, 3.05) is 4.90 Å². The lowest BCUT2D eigenvalue weighted by atomic mass is 10.2. The molecule has 0 spiro atoms. The average Bonchev–Trinajstić information content (AvgIpc) is 3.22. The van der Waals surface area contributed by atoms with Gasteiger partial charge >= 0.3 is 0 Å². The van der Waals surface area contributed by atoms with E-state index in [4.69, 9.17) is 11.6 Å². The van der Waals surface area contributed by atoms with Gasteiger partial charge in [0, 0.05) is 22.6 Å². The van der Waals surface area contributed by atoms with Gasteiger partial charge in [-0.05, 0) is 78.5 Å².